The van der Waals surface area contributed by atoms with Gasteiger partial charge in [0.25, 0.3) is 0 Å². The van der Waals surface area contributed by atoms with Gasteiger partial charge in [-0.2, -0.15) is 5.10 Å². The van der Waals surface area contributed by atoms with E-state index in [1.165, 1.54) is 4.68 Å². The van der Waals surface area contributed by atoms with Gasteiger partial charge in [0.15, 0.2) is 23.2 Å². The summed E-state index contributed by atoms with van der Waals surface area (Å²) in [7, 11) is 0. The van der Waals surface area contributed by atoms with Crippen molar-refractivity contribution in [1.82, 2.24) is 9.78 Å². The van der Waals surface area contributed by atoms with Crippen molar-refractivity contribution < 1.29 is 18.0 Å². The van der Waals surface area contributed by atoms with Crippen molar-refractivity contribution in [3.05, 3.63) is 58.7 Å². The lowest BCUT2D eigenvalue weighted by Gasteiger charge is -2.38. The summed E-state index contributed by atoms with van der Waals surface area (Å²) >= 11 is 0. The Labute approximate surface area is 142 Å². The summed E-state index contributed by atoms with van der Waals surface area (Å²) < 4.78 is 42.5. The normalized spacial score (nSPS) is 21.6. The third kappa shape index (κ3) is 2.29. The van der Waals surface area contributed by atoms with Gasteiger partial charge in [0.2, 0.25) is 0 Å². The molecule has 1 aromatic heterocycles. The van der Waals surface area contributed by atoms with Crippen LogP contribution in [-0.4, -0.2) is 15.6 Å². The second-order valence-electron chi connectivity index (χ2n) is 7.09. The van der Waals surface area contributed by atoms with Crippen LogP contribution < -0.4 is 5.32 Å². The van der Waals surface area contributed by atoms with E-state index in [2.05, 4.69) is 10.4 Å². The highest BCUT2D eigenvalue weighted by Crippen LogP contribution is 2.45. The van der Waals surface area contributed by atoms with E-state index in [4.69, 9.17) is 0 Å². The van der Waals surface area contributed by atoms with E-state index in [1.807, 2.05) is 13.8 Å². The van der Waals surface area contributed by atoms with E-state index in [9.17, 15) is 18.0 Å². The van der Waals surface area contributed by atoms with Crippen LogP contribution in [0.25, 0.3) is 0 Å². The molecule has 0 spiro atoms. The molecule has 4 nitrogen and oxygen atoms in total. The van der Waals surface area contributed by atoms with Crippen LogP contribution in [0.5, 0.6) is 0 Å². The van der Waals surface area contributed by atoms with E-state index in [0.29, 0.717) is 24.2 Å². The Balaban J connectivity index is 1.95. The van der Waals surface area contributed by atoms with Gasteiger partial charge < -0.3 is 5.32 Å². The van der Waals surface area contributed by atoms with Crippen LogP contribution in [0.15, 0.2) is 35.7 Å². The van der Waals surface area contributed by atoms with Gasteiger partial charge in [-0.3, -0.25) is 4.79 Å². The van der Waals surface area contributed by atoms with Gasteiger partial charge in [0.05, 0.1) is 6.20 Å². The van der Waals surface area contributed by atoms with Gasteiger partial charge in [0, 0.05) is 22.8 Å². The second-order valence-corrected chi connectivity index (χ2v) is 7.09. The number of fused-ring (bicyclic) bond motifs is 1. The van der Waals surface area contributed by atoms with Gasteiger partial charge in [-0.15, -0.1) is 0 Å². The van der Waals surface area contributed by atoms with Crippen molar-refractivity contribution in [2.75, 3.05) is 5.32 Å². The molecule has 0 bridgehead atoms. The number of nitrogens with one attached hydrogen (secondary N) is 1. The molecule has 0 radical (unpaired) electrons. The Morgan fingerprint density at radius 3 is 2.60 bits per heavy atom. The zero-order chi connectivity index (χ0) is 17.9. The number of nitrogens with zero attached hydrogens (tertiary/aromatic N) is 2. The third-order valence-electron chi connectivity index (χ3n) is 4.97. The first-order valence-corrected chi connectivity index (χ1v) is 8.02. The number of rotatable bonds is 1. The SMILES string of the molecule is CC1(C)CCC2=C(C1=O)C(c1cc(F)c(F)c(F)c1)n1nccc1N2. The Morgan fingerprint density at radius 2 is 1.92 bits per heavy atom. The molecular formula is C18H16F3N3O. The van der Waals surface area contributed by atoms with Crippen LogP contribution in [-0.2, 0) is 4.79 Å². The lowest BCUT2D eigenvalue weighted by atomic mass is 9.71. The zero-order valence-electron chi connectivity index (χ0n) is 13.7. The lowest BCUT2D eigenvalue weighted by molar-refractivity contribution is -0.124. The van der Waals surface area contributed by atoms with Crippen LogP contribution in [0, 0.1) is 22.9 Å². The molecule has 0 saturated heterocycles. The number of ketones is 1. The fourth-order valence-corrected chi connectivity index (χ4v) is 3.54. The number of hydrogen-bond acceptors (Lipinski definition) is 3. The van der Waals surface area contributed by atoms with E-state index in [0.717, 1.165) is 17.8 Å². The quantitative estimate of drug-likeness (QED) is 0.795. The number of anilines is 1. The minimum absolute atomic E-state index is 0.0995. The molecule has 0 saturated carbocycles. The molecule has 1 unspecified atom stereocenters. The van der Waals surface area contributed by atoms with Crippen molar-refractivity contribution in [3.63, 3.8) is 0 Å². The number of allylic oxidation sites excluding steroid dienone is 2. The van der Waals surface area contributed by atoms with E-state index >= 15 is 0 Å². The topological polar surface area (TPSA) is 46.9 Å². The summed E-state index contributed by atoms with van der Waals surface area (Å²) in [4.78, 5) is 13.0. The van der Waals surface area contributed by atoms with E-state index in [-0.39, 0.29) is 11.3 Å². The highest BCUT2D eigenvalue weighted by atomic mass is 19.2. The monoisotopic (exact) mass is 347 g/mol. The number of aromatic nitrogens is 2. The van der Waals surface area contributed by atoms with Gasteiger partial charge in [0.1, 0.15) is 11.9 Å². The van der Waals surface area contributed by atoms with E-state index < -0.39 is 28.9 Å². The molecule has 0 fully saturated rings. The Kier molecular flexibility index (Phi) is 3.32. The molecule has 130 valence electrons. The smallest absolute Gasteiger partial charge is 0.194 e. The van der Waals surface area contributed by atoms with Crippen molar-refractivity contribution in [3.8, 4) is 0 Å². The van der Waals surface area contributed by atoms with Crippen molar-refractivity contribution in [1.29, 1.82) is 0 Å². The summed E-state index contributed by atoms with van der Waals surface area (Å²) in [5.74, 6) is -3.57. The van der Waals surface area contributed by atoms with Gasteiger partial charge in [-0.05, 0) is 30.5 Å². The molecule has 2 heterocycles. The first kappa shape index (κ1) is 15.9. The third-order valence-corrected chi connectivity index (χ3v) is 4.97. The van der Waals surface area contributed by atoms with Gasteiger partial charge >= 0.3 is 0 Å². The Morgan fingerprint density at radius 1 is 1.24 bits per heavy atom. The standard InChI is InChI=1S/C18H16F3N3O/c1-18(2)5-3-12-14(17(18)25)16(24-13(23-12)4-6-22-24)9-7-10(19)15(21)11(20)8-9/h4,6-8,16,23H,3,5H2,1-2H3. The van der Waals surface area contributed by atoms with Gasteiger partial charge in [-0.25, -0.2) is 17.9 Å². The predicted molar refractivity (Wildman–Crippen MR) is 85.4 cm³/mol. The number of Topliss-reactive ketones (excluding diaryl/α,β-unsaturated/α-hetero) is 1. The first-order valence-electron chi connectivity index (χ1n) is 8.02. The first-order chi connectivity index (χ1) is 11.8. The minimum atomic E-state index is -1.53. The molecule has 25 heavy (non-hydrogen) atoms. The average molecular weight is 347 g/mol. The molecule has 7 heteroatoms. The highest BCUT2D eigenvalue weighted by Gasteiger charge is 2.43. The summed E-state index contributed by atoms with van der Waals surface area (Å²) in [6, 6.07) is 2.79. The van der Waals surface area contributed by atoms with E-state index in [1.54, 1.807) is 12.3 Å². The number of benzene rings is 1. The number of hydrogen-bond donors (Lipinski definition) is 1. The Bertz CT molecular complexity index is 906. The van der Waals surface area contributed by atoms with Crippen molar-refractivity contribution in [2.24, 2.45) is 5.41 Å². The molecular weight excluding hydrogens is 331 g/mol. The van der Waals surface area contributed by atoms with Gasteiger partial charge in [-0.1, -0.05) is 13.8 Å². The number of carbonyl (C=O) groups excluding carboxylic acids is 1. The summed E-state index contributed by atoms with van der Waals surface area (Å²) in [6.45, 7) is 3.70. The average Bonchev–Trinajstić information content (AvgIpc) is 3.02. The fourth-order valence-electron chi connectivity index (χ4n) is 3.54. The van der Waals surface area contributed by atoms with Crippen LogP contribution in [0.3, 0.4) is 0 Å². The van der Waals surface area contributed by atoms with Crippen molar-refractivity contribution >= 4 is 11.6 Å². The molecule has 1 N–H and O–H groups in total. The maximum atomic E-state index is 13.8. The summed E-state index contributed by atoms with van der Waals surface area (Å²) in [5.41, 5.74) is 0.729. The molecule has 1 aliphatic heterocycles. The number of halogens is 3. The second kappa shape index (κ2) is 5.21. The molecule has 2 aromatic rings. The molecule has 1 aromatic carbocycles. The largest absolute Gasteiger partial charge is 0.343 e. The lowest BCUT2D eigenvalue weighted by Crippen LogP contribution is -2.39. The van der Waals surface area contributed by atoms with Crippen LogP contribution in [0.4, 0.5) is 19.0 Å². The van der Waals surface area contributed by atoms with Crippen LogP contribution in [0.1, 0.15) is 38.3 Å². The van der Waals surface area contributed by atoms with Crippen LogP contribution >= 0.6 is 0 Å². The molecule has 4 rings (SSSR count). The maximum absolute atomic E-state index is 13.8. The molecule has 1 aliphatic carbocycles. The molecule has 1 atom stereocenters. The molecule has 2 aliphatic rings. The highest BCUT2D eigenvalue weighted by molar-refractivity contribution is 6.03. The summed E-state index contributed by atoms with van der Waals surface area (Å²) in [5, 5.41) is 7.38. The fraction of sp³-hybridized carbons (Fsp3) is 0.333. The maximum Gasteiger partial charge on any atom is 0.194 e. The number of carbonyl (C=O) groups is 1. The predicted octanol–water partition coefficient (Wildman–Crippen LogP) is 3.96. The minimum Gasteiger partial charge on any atom is -0.343 e. The zero-order valence-corrected chi connectivity index (χ0v) is 13.7. The van der Waals surface area contributed by atoms with Crippen molar-refractivity contribution in [2.45, 2.75) is 32.7 Å². The van der Waals surface area contributed by atoms with Crippen LogP contribution in [0.2, 0.25) is 0 Å². The summed E-state index contributed by atoms with van der Waals surface area (Å²) in [6.07, 6.45) is 2.85. The Hall–Kier alpha value is -2.57. The molecule has 0 amide bonds.